The van der Waals surface area contributed by atoms with E-state index >= 15 is 0 Å². The third kappa shape index (κ3) is 4.82. The molecule has 0 spiro atoms. The van der Waals surface area contributed by atoms with E-state index in [0.29, 0.717) is 22.4 Å². The van der Waals surface area contributed by atoms with Crippen LogP contribution in [-0.4, -0.2) is 36.5 Å². The van der Waals surface area contributed by atoms with Crippen molar-refractivity contribution in [3.63, 3.8) is 0 Å². The summed E-state index contributed by atoms with van der Waals surface area (Å²) in [6.45, 7) is 6.02. The number of rotatable bonds is 4. The standard InChI is InChI=1S/C20H18N2O5.C2H6/c1-11-7-15-14(9-17(11)27-2)12(10-21-19(15)24)8-18(23)22-16-6-4-3-5-13(16)20(25)26;1-2/h3-9H,10H2,1-2H3,(H,21,24)(H,22,23)(H,25,26);1-2H3/b12-8+;. The number of carbonyl (C=O) groups is 3. The van der Waals surface area contributed by atoms with Gasteiger partial charge in [0.25, 0.3) is 5.91 Å². The number of carboxylic acid groups (broad SMARTS) is 1. The van der Waals surface area contributed by atoms with Crippen molar-refractivity contribution in [3.8, 4) is 5.75 Å². The van der Waals surface area contributed by atoms with Crippen LogP contribution in [0.3, 0.4) is 0 Å². The Hall–Kier alpha value is -3.61. The number of anilines is 1. The van der Waals surface area contributed by atoms with Gasteiger partial charge in [0, 0.05) is 18.2 Å². The van der Waals surface area contributed by atoms with E-state index < -0.39 is 11.9 Å². The number of ether oxygens (including phenoxy) is 1. The predicted molar refractivity (Wildman–Crippen MR) is 111 cm³/mol. The summed E-state index contributed by atoms with van der Waals surface area (Å²) < 4.78 is 5.31. The van der Waals surface area contributed by atoms with Crippen molar-refractivity contribution >= 4 is 29.0 Å². The van der Waals surface area contributed by atoms with Gasteiger partial charge < -0.3 is 20.5 Å². The number of hydrogen-bond acceptors (Lipinski definition) is 4. The molecule has 29 heavy (non-hydrogen) atoms. The van der Waals surface area contributed by atoms with Gasteiger partial charge >= 0.3 is 5.97 Å². The lowest BCUT2D eigenvalue weighted by molar-refractivity contribution is -0.111. The largest absolute Gasteiger partial charge is 0.496 e. The van der Waals surface area contributed by atoms with E-state index in [1.165, 1.54) is 25.3 Å². The molecule has 2 aromatic carbocycles. The number of para-hydroxylation sites is 1. The number of fused-ring (bicyclic) bond motifs is 1. The molecule has 0 atom stereocenters. The van der Waals surface area contributed by atoms with Crippen LogP contribution in [0.2, 0.25) is 0 Å². The monoisotopic (exact) mass is 396 g/mol. The van der Waals surface area contributed by atoms with Crippen molar-refractivity contribution in [2.24, 2.45) is 0 Å². The van der Waals surface area contributed by atoms with Crippen LogP contribution in [0.5, 0.6) is 5.75 Å². The quantitative estimate of drug-likeness (QED) is 0.686. The maximum atomic E-state index is 12.4. The molecule has 7 heteroatoms. The van der Waals surface area contributed by atoms with Gasteiger partial charge in [-0.3, -0.25) is 9.59 Å². The molecule has 0 fully saturated rings. The fraction of sp³-hybridized carbons (Fsp3) is 0.227. The molecule has 1 heterocycles. The Labute approximate surface area is 169 Å². The summed E-state index contributed by atoms with van der Waals surface area (Å²) in [4.78, 5) is 35.8. The lowest BCUT2D eigenvalue weighted by atomic mass is 9.93. The summed E-state index contributed by atoms with van der Waals surface area (Å²) in [5.41, 5.74) is 2.69. The zero-order chi connectivity index (χ0) is 21.6. The van der Waals surface area contributed by atoms with E-state index in [-0.39, 0.29) is 23.7 Å². The van der Waals surface area contributed by atoms with Gasteiger partial charge in [-0.1, -0.05) is 26.0 Å². The van der Waals surface area contributed by atoms with Crippen molar-refractivity contribution in [3.05, 3.63) is 64.7 Å². The third-order valence-corrected chi connectivity index (χ3v) is 4.29. The van der Waals surface area contributed by atoms with Crippen LogP contribution in [-0.2, 0) is 4.79 Å². The highest BCUT2D eigenvalue weighted by Crippen LogP contribution is 2.30. The molecule has 0 bridgehead atoms. The minimum absolute atomic E-state index is 0.00103. The lowest BCUT2D eigenvalue weighted by Crippen LogP contribution is -2.32. The Morgan fingerprint density at radius 2 is 1.86 bits per heavy atom. The highest BCUT2D eigenvalue weighted by atomic mass is 16.5. The minimum Gasteiger partial charge on any atom is -0.496 e. The Bertz CT molecular complexity index is 979. The second kappa shape index (κ2) is 9.54. The number of methoxy groups -OCH3 is 1. The van der Waals surface area contributed by atoms with Gasteiger partial charge in [0.05, 0.1) is 18.4 Å². The summed E-state index contributed by atoms with van der Waals surface area (Å²) in [7, 11) is 1.54. The summed E-state index contributed by atoms with van der Waals surface area (Å²) in [6, 6.07) is 9.59. The van der Waals surface area contributed by atoms with E-state index in [1.54, 1.807) is 24.3 Å². The van der Waals surface area contributed by atoms with Gasteiger partial charge in [-0.25, -0.2) is 4.79 Å². The normalized spacial score (nSPS) is 13.5. The lowest BCUT2D eigenvalue weighted by Gasteiger charge is -2.21. The summed E-state index contributed by atoms with van der Waals surface area (Å²) in [5.74, 6) is -1.22. The number of carbonyl (C=O) groups excluding carboxylic acids is 2. The fourth-order valence-electron chi connectivity index (χ4n) is 2.96. The Kier molecular flexibility index (Phi) is 7.14. The first-order valence-corrected chi connectivity index (χ1v) is 9.21. The first-order chi connectivity index (χ1) is 13.9. The van der Waals surface area contributed by atoms with E-state index in [9.17, 15) is 19.5 Å². The molecule has 0 saturated heterocycles. The van der Waals surface area contributed by atoms with Crippen LogP contribution in [0.15, 0.2) is 42.5 Å². The topological polar surface area (TPSA) is 105 Å². The van der Waals surface area contributed by atoms with Gasteiger partial charge in [-0.05, 0) is 47.9 Å². The second-order valence-electron chi connectivity index (χ2n) is 6.06. The van der Waals surface area contributed by atoms with Crippen LogP contribution in [0.1, 0.15) is 45.7 Å². The van der Waals surface area contributed by atoms with Crippen LogP contribution in [0.25, 0.3) is 5.57 Å². The highest BCUT2D eigenvalue weighted by molar-refractivity contribution is 6.10. The van der Waals surface area contributed by atoms with Crippen molar-refractivity contribution in [2.45, 2.75) is 20.8 Å². The molecule has 1 aliphatic rings. The molecule has 0 aliphatic carbocycles. The average Bonchev–Trinajstić information content (AvgIpc) is 2.71. The van der Waals surface area contributed by atoms with Crippen LogP contribution < -0.4 is 15.4 Å². The van der Waals surface area contributed by atoms with Gasteiger partial charge in [0.15, 0.2) is 0 Å². The maximum Gasteiger partial charge on any atom is 0.337 e. The zero-order valence-electron chi connectivity index (χ0n) is 16.8. The average molecular weight is 396 g/mol. The summed E-state index contributed by atoms with van der Waals surface area (Å²) in [6.07, 6.45) is 1.35. The van der Waals surface area contributed by atoms with Gasteiger partial charge in [0.1, 0.15) is 5.75 Å². The smallest absolute Gasteiger partial charge is 0.337 e. The second-order valence-corrected chi connectivity index (χ2v) is 6.06. The number of hydrogen-bond donors (Lipinski definition) is 3. The Balaban J connectivity index is 0.00000145. The first-order valence-electron chi connectivity index (χ1n) is 9.21. The van der Waals surface area contributed by atoms with Crippen molar-refractivity contribution in [1.82, 2.24) is 5.32 Å². The molecule has 3 N–H and O–H groups in total. The molecule has 0 unspecified atom stereocenters. The zero-order valence-corrected chi connectivity index (χ0v) is 16.8. The van der Waals surface area contributed by atoms with E-state index in [4.69, 9.17) is 4.74 Å². The molecule has 7 nitrogen and oxygen atoms in total. The molecular weight excluding hydrogens is 372 g/mol. The Morgan fingerprint density at radius 3 is 2.52 bits per heavy atom. The number of aryl methyl sites for hydroxylation is 1. The number of carboxylic acids is 1. The van der Waals surface area contributed by atoms with Crippen molar-refractivity contribution < 1.29 is 24.2 Å². The van der Waals surface area contributed by atoms with E-state index in [1.807, 2.05) is 20.8 Å². The van der Waals surface area contributed by atoms with Crippen LogP contribution in [0.4, 0.5) is 5.69 Å². The molecule has 3 rings (SSSR count). The molecule has 2 amide bonds. The number of amides is 2. The van der Waals surface area contributed by atoms with Crippen LogP contribution >= 0.6 is 0 Å². The highest BCUT2D eigenvalue weighted by Gasteiger charge is 2.23. The molecule has 1 aliphatic heterocycles. The maximum absolute atomic E-state index is 12.4. The number of aromatic carboxylic acids is 1. The Morgan fingerprint density at radius 1 is 1.17 bits per heavy atom. The van der Waals surface area contributed by atoms with Crippen LogP contribution in [0, 0.1) is 6.92 Å². The predicted octanol–water partition coefficient (Wildman–Crippen LogP) is 3.49. The molecule has 0 radical (unpaired) electrons. The molecule has 0 saturated carbocycles. The number of nitrogens with one attached hydrogen (secondary N) is 2. The summed E-state index contributed by atoms with van der Waals surface area (Å²) >= 11 is 0. The minimum atomic E-state index is -1.13. The van der Waals surface area contributed by atoms with Gasteiger partial charge in [-0.2, -0.15) is 0 Å². The fourth-order valence-corrected chi connectivity index (χ4v) is 2.96. The molecular formula is C22H24N2O5. The SMILES string of the molecule is CC.COc1cc2c(cc1C)C(=O)NC/C2=C\C(=O)Nc1ccccc1C(=O)O. The van der Waals surface area contributed by atoms with Crippen molar-refractivity contribution in [2.75, 3.05) is 19.0 Å². The molecule has 0 aromatic heterocycles. The third-order valence-electron chi connectivity index (χ3n) is 4.29. The van der Waals surface area contributed by atoms with Gasteiger partial charge in [-0.15, -0.1) is 0 Å². The number of benzene rings is 2. The summed E-state index contributed by atoms with van der Waals surface area (Å²) in [5, 5.41) is 14.5. The van der Waals surface area contributed by atoms with E-state index in [0.717, 1.165) is 5.56 Å². The van der Waals surface area contributed by atoms with E-state index in [2.05, 4.69) is 10.6 Å². The molecule has 152 valence electrons. The van der Waals surface area contributed by atoms with Crippen molar-refractivity contribution in [1.29, 1.82) is 0 Å². The van der Waals surface area contributed by atoms with Gasteiger partial charge in [0.2, 0.25) is 5.91 Å². The first kappa shape index (κ1) is 21.7. The molecule has 2 aromatic rings.